The number of hydrogen-bond donors (Lipinski definition) is 0. The molecule has 0 bridgehead atoms. The Morgan fingerprint density at radius 1 is 1.00 bits per heavy atom. The molecule has 128 valence electrons. The zero-order chi connectivity index (χ0) is 17.0. The van der Waals surface area contributed by atoms with Crippen LogP contribution in [-0.2, 0) is 25.6 Å². The predicted molar refractivity (Wildman–Crippen MR) is 92.1 cm³/mol. The molecule has 1 aliphatic rings. The van der Waals surface area contributed by atoms with Gasteiger partial charge in [0, 0.05) is 0 Å². The molecule has 0 N–H and O–H groups in total. The van der Waals surface area contributed by atoms with E-state index in [0.29, 0.717) is 19.1 Å². The van der Waals surface area contributed by atoms with Crippen molar-refractivity contribution in [2.24, 2.45) is 5.92 Å². The van der Waals surface area contributed by atoms with Crippen molar-refractivity contribution in [3.63, 3.8) is 0 Å². The van der Waals surface area contributed by atoms with E-state index in [1.54, 1.807) is 24.3 Å². The molecule has 0 saturated heterocycles. The summed E-state index contributed by atoms with van der Waals surface area (Å²) in [5.41, 5.74) is 2.17. The van der Waals surface area contributed by atoms with Crippen molar-refractivity contribution in [2.75, 3.05) is 6.61 Å². The van der Waals surface area contributed by atoms with Crippen LogP contribution in [0.15, 0.2) is 59.5 Å². The van der Waals surface area contributed by atoms with Crippen molar-refractivity contribution in [2.45, 2.75) is 37.4 Å². The highest BCUT2D eigenvalue weighted by atomic mass is 32.2. The van der Waals surface area contributed by atoms with Crippen molar-refractivity contribution in [3.05, 3.63) is 65.7 Å². The maximum Gasteiger partial charge on any atom is 0.297 e. The van der Waals surface area contributed by atoms with Gasteiger partial charge in [-0.05, 0) is 43.4 Å². The number of rotatable bonds is 7. The molecule has 2 aromatic carbocycles. The normalized spacial score (nSPS) is 20.5. The molecule has 24 heavy (non-hydrogen) atoms. The van der Waals surface area contributed by atoms with E-state index < -0.39 is 10.1 Å². The quantitative estimate of drug-likeness (QED) is 0.718. The van der Waals surface area contributed by atoms with Gasteiger partial charge in [0.05, 0.1) is 24.2 Å². The van der Waals surface area contributed by atoms with Crippen molar-refractivity contribution >= 4 is 10.1 Å². The molecule has 0 spiro atoms. The first-order chi connectivity index (χ1) is 11.5. The van der Waals surface area contributed by atoms with Crippen LogP contribution in [0.4, 0.5) is 0 Å². The molecule has 1 fully saturated rings. The van der Waals surface area contributed by atoms with Gasteiger partial charge in [0.15, 0.2) is 0 Å². The van der Waals surface area contributed by atoms with E-state index in [2.05, 4.69) is 0 Å². The summed E-state index contributed by atoms with van der Waals surface area (Å²) in [6.45, 7) is 3.15. The van der Waals surface area contributed by atoms with Crippen LogP contribution in [0.2, 0.25) is 0 Å². The van der Waals surface area contributed by atoms with E-state index in [4.69, 9.17) is 8.92 Å². The summed E-state index contributed by atoms with van der Waals surface area (Å²) in [5, 5.41) is 0. The summed E-state index contributed by atoms with van der Waals surface area (Å²) >= 11 is 0. The fraction of sp³-hybridized carbons (Fsp3) is 0.368. The first-order valence-electron chi connectivity index (χ1n) is 8.14. The van der Waals surface area contributed by atoms with Crippen molar-refractivity contribution in [3.8, 4) is 0 Å². The van der Waals surface area contributed by atoms with Crippen LogP contribution in [0, 0.1) is 12.8 Å². The van der Waals surface area contributed by atoms with Crippen molar-refractivity contribution in [1.82, 2.24) is 0 Å². The van der Waals surface area contributed by atoms with Gasteiger partial charge in [0.2, 0.25) is 0 Å². The summed E-state index contributed by atoms with van der Waals surface area (Å²) < 4.78 is 35.4. The predicted octanol–water partition coefficient (Wildman–Crippen LogP) is 3.70. The van der Waals surface area contributed by atoms with E-state index in [1.165, 1.54) is 0 Å². The molecule has 0 amide bonds. The van der Waals surface area contributed by atoms with Crippen LogP contribution in [-0.4, -0.2) is 21.1 Å². The first-order valence-corrected chi connectivity index (χ1v) is 9.55. The second kappa shape index (κ2) is 7.47. The molecule has 0 unspecified atom stereocenters. The first kappa shape index (κ1) is 17.1. The number of aryl methyl sites for hydroxylation is 1. The molecule has 3 rings (SSSR count). The standard InChI is InChI=1S/C19H22O4S/c1-15-7-9-19(10-8-15)24(20,21)23-18-11-17(12-18)14-22-13-16-5-3-2-4-6-16/h2-10,17-18H,11-14H2,1H3/t17-,18+. The monoisotopic (exact) mass is 346 g/mol. The third kappa shape index (κ3) is 4.44. The van der Waals surface area contributed by atoms with Crippen molar-refractivity contribution in [1.29, 1.82) is 0 Å². The number of hydrogen-bond acceptors (Lipinski definition) is 4. The lowest BCUT2D eigenvalue weighted by Crippen LogP contribution is -2.35. The molecule has 0 aromatic heterocycles. The highest BCUT2D eigenvalue weighted by Gasteiger charge is 2.34. The molecule has 4 nitrogen and oxygen atoms in total. The van der Waals surface area contributed by atoms with E-state index >= 15 is 0 Å². The average molecular weight is 346 g/mol. The highest BCUT2D eigenvalue weighted by molar-refractivity contribution is 7.86. The molecule has 0 radical (unpaired) electrons. The smallest absolute Gasteiger partial charge is 0.297 e. The SMILES string of the molecule is Cc1ccc(S(=O)(=O)O[C@H]2C[C@@H](COCc3ccccc3)C2)cc1. The number of benzene rings is 2. The average Bonchev–Trinajstić information content (AvgIpc) is 2.53. The molecule has 0 atom stereocenters. The third-order valence-electron chi connectivity index (χ3n) is 4.23. The van der Waals surface area contributed by atoms with Crippen LogP contribution in [0.5, 0.6) is 0 Å². The van der Waals surface area contributed by atoms with Gasteiger partial charge in [-0.2, -0.15) is 8.42 Å². The fourth-order valence-corrected chi connectivity index (χ4v) is 3.84. The summed E-state index contributed by atoms with van der Waals surface area (Å²) in [7, 11) is -3.66. The van der Waals surface area contributed by atoms with Gasteiger partial charge < -0.3 is 4.74 Å². The third-order valence-corrected chi connectivity index (χ3v) is 5.61. The molecule has 2 aromatic rings. The Morgan fingerprint density at radius 3 is 2.33 bits per heavy atom. The van der Waals surface area contributed by atoms with E-state index in [0.717, 1.165) is 24.0 Å². The van der Waals surface area contributed by atoms with E-state index in [1.807, 2.05) is 37.3 Å². The highest BCUT2D eigenvalue weighted by Crippen LogP contribution is 2.33. The molecule has 0 aliphatic heterocycles. The Labute approximate surface area is 143 Å². The summed E-state index contributed by atoms with van der Waals surface area (Å²) in [5.74, 6) is 0.368. The molecule has 0 heterocycles. The van der Waals surface area contributed by atoms with Crippen LogP contribution in [0.25, 0.3) is 0 Å². The lowest BCUT2D eigenvalue weighted by Gasteiger charge is -2.34. The fourth-order valence-electron chi connectivity index (χ4n) is 2.75. The van der Waals surface area contributed by atoms with Gasteiger partial charge in [0.25, 0.3) is 10.1 Å². The number of ether oxygens (including phenoxy) is 1. The minimum absolute atomic E-state index is 0.219. The maximum atomic E-state index is 12.2. The Morgan fingerprint density at radius 2 is 1.67 bits per heavy atom. The molecule has 5 heteroatoms. The lowest BCUT2D eigenvalue weighted by atomic mass is 9.83. The minimum Gasteiger partial charge on any atom is -0.376 e. The Balaban J connectivity index is 1.41. The topological polar surface area (TPSA) is 52.6 Å². The maximum absolute atomic E-state index is 12.2. The minimum atomic E-state index is -3.66. The van der Waals surface area contributed by atoms with Gasteiger partial charge in [-0.25, -0.2) is 0 Å². The molecule has 1 saturated carbocycles. The van der Waals surface area contributed by atoms with Gasteiger partial charge >= 0.3 is 0 Å². The van der Waals surface area contributed by atoms with Gasteiger partial charge in [0.1, 0.15) is 0 Å². The largest absolute Gasteiger partial charge is 0.376 e. The Bertz CT molecular complexity index is 748. The second-order valence-corrected chi connectivity index (χ2v) is 7.90. The van der Waals surface area contributed by atoms with Crippen LogP contribution in [0.1, 0.15) is 24.0 Å². The van der Waals surface area contributed by atoms with Crippen LogP contribution >= 0.6 is 0 Å². The van der Waals surface area contributed by atoms with Gasteiger partial charge in [-0.3, -0.25) is 4.18 Å². The Hall–Kier alpha value is -1.69. The summed E-state index contributed by atoms with van der Waals surface area (Å²) in [6, 6.07) is 16.7. The van der Waals surface area contributed by atoms with Gasteiger partial charge in [-0.15, -0.1) is 0 Å². The van der Waals surface area contributed by atoms with Gasteiger partial charge in [-0.1, -0.05) is 48.0 Å². The Kier molecular flexibility index (Phi) is 5.33. The second-order valence-electron chi connectivity index (χ2n) is 6.32. The molecular weight excluding hydrogens is 324 g/mol. The lowest BCUT2D eigenvalue weighted by molar-refractivity contribution is 0.000184. The molecule has 1 aliphatic carbocycles. The summed E-state index contributed by atoms with van der Waals surface area (Å²) in [4.78, 5) is 0.219. The van der Waals surface area contributed by atoms with Crippen LogP contribution in [0.3, 0.4) is 0 Å². The van der Waals surface area contributed by atoms with E-state index in [9.17, 15) is 8.42 Å². The van der Waals surface area contributed by atoms with E-state index in [-0.39, 0.29) is 11.0 Å². The van der Waals surface area contributed by atoms with Crippen LogP contribution < -0.4 is 0 Å². The molecular formula is C19H22O4S. The van der Waals surface area contributed by atoms with Crippen molar-refractivity contribution < 1.29 is 17.3 Å². The summed E-state index contributed by atoms with van der Waals surface area (Å²) in [6.07, 6.45) is 1.21. The zero-order valence-electron chi connectivity index (χ0n) is 13.7. The zero-order valence-corrected chi connectivity index (χ0v) is 14.5.